The standard InChI is InChI=1S/C12H16N2O4S/c1-9-2-3-11(14(15)16)8-12(9)13-10-4-6-19(17,18)7-5-10/h2-3,8,10,13H,4-7H2,1H3. The number of sulfone groups is 1. The van der Waals surface area contributed by atoms with Gasteiger partial charge in [0.1, 0.15) is 9.84 Å². The van der Waals surface area contributed by atoms with E-state index in [9.17, 15) is 18.5 Å². The van der Waals surface area contributed by atoms with Crippen molar-refractivity contribution in [3.05, 3.63) is 33.9 Å². The van der Waals surface area contributed by atoms with Gasteiger partial charge in [-0.15, -0.1) is 0 Å². The van der Waals surface area contributed by atoms with Crippen LogP contribution in [0.3, 0.4) is 0 Å². The Bertz CT molecular complexity index is 584. The van der Waals surface area contributed by atoms with E-state index >= 15 is 0 Å². The van der Waals surface area contributed by atoms with Crippen molar-refractivity contribution in [1.82, 2.24) is 0 Å². The molecular weight excluding hydrogens is 268 g/mol. The lowest BCUT2D eigenvalue weighted by atomic mass is 10.1. The Morgan fingerprint density at radius 2 is 1.95 bits per heavy atom. The molecule has 0 amide bonds. The van der Waals surface area contributed by atoms with Crippen LogP contribution >= 0.6 is 0 Å². The third kappa shape index (κ3) is 3.44. The molecule has 7 heteroatoms. The third-order valence-corrected chi connectivity index (χ3v) is 5.06. The van der Waals surface area contributed by atoms with E-state index < -0.39 is 14.8 Å². The molecule has 0 atom stereocenters. The Morgan fingerprint density at radius 1 is 1.32 bits per heavy atom. The van der Waals surface area contributed by atoms with Crippen LogP contribution in [-0.2, 0) is 9.84 Å². The van der Waals surface area contributed by atoms with E-state index in [0.717, 1.165) is 5.56 Å². The molecule has 1 N–H and O–H groups in total. The molecule has 1 heterocycles. The fourth-order valence-electron chi connectivity index (χ4n) is 2.13. The normalized spacial score (nSPS) is 19.0. The van der Waals surface area contributed by atoms with Crippen molar-refractivity contribution < 1.29 is 13.3 Å². The Kier molecular flexibility index (Phi) is 3.75. The van der Waals surface area contributed by atoms with E-state index in [1.165, 1.54) is 12.1 Å². The molecule has 19 heavy (non-hydrogen) atoms. The number of nitrogens with one attached hydrogen (secondary N) is 1. The number of hydrogen-bond donors (Lipinski definition) is 1. The van der Waals surface area contributed by atoms with Gasteiger partial charge < -0.3 is 5.32 Å². The number of aryl methyl sites for hydroxylation is 1. The summed E-state index contributed by atoms with van der Waals surface area (Å²) in [5.41, 5.74) is 1.66. The number of nitrogens with zero attached hydrogens (tertiary/aromatic N) is 1. The first-order valence-electron chi connectivity index (χ1n) is 6.09. The number of nitro benzene ring substituents is 1. The van der Waals surface area contributed by atoms with Crippen LogP contribution in [-0.4, -0.2) is 30.9 Å². The zero-order valence-corrected chi connectivity index (χ0v) is 11.4. The molecule has 2 rings (SSSR count). The predicted octanol–water partition coefficient (Wildman–Crippen LogP) is 1.89. The number of hydrogen-bond acceptors (Lipinski definition) is 5. The molecule has 1 aromatic rings. The van der Waals surface area contributed by atoms with Crippen LogP contribution in [0.5, 0.6) is 0 Å². The second-order valence-corrected chi connectivity index (χ2v) is 7.13. The van der Waals surface area contributed by atoms with E-state index in [1.807, 2.05) is 6.92 Å². The maximum atomic E-state index is 11.3. The maximum absolute atomic E-state index is 11.3. The number of non-ortho nitro benzene ring substituents is 1. The lowest BCUT2D eigenvalue weighted by molar-refractivity contribution is -0.384. The van der Waals surface area contributed by atoms with Gasteiger partial charge in [0.15, 0.2) is 0 Å². The van der Waals surface area contributed by atoms with Crippen molar-refractivity contribution in [2.75, 3.05) is 16.8 Å². The Hall–Kier alpha value is -1.63. The van der Waals surface area contributed by atoms with E-state index in [4.69, 9.17) is 0 Å². The summed E-state index contributed by atoms with van der Waals surface area (Å²) in [5.74, 6) is 0.358. The Morgan fingerprint density at radius 3 is 2.53 bits per heavy atom. The average Bonchev–Trinajstić information content (AvgIpc) is 2.34. The van der Waals surface area contributed by atoms with Gasteiger partial charge in [0.2, 0.25) is 0 Å². The van der Waals surface area contributed by atoms with Gasteiger partial charge in [0, 0.05) is 23.9 Å². The fourth-order valence-corrected chi connectivity index (χ4v) is 3.62. The van der Waals surface area contributed by atoms with Crippen LogP contribution in [0.25, 0.3) is 0 Å². The maximum Gasteiger partial charge on any atom is 0.271 e. The minimum absolute atomic E-state index is 0.0385. The summed E-state index contributed by atoms with van der Waals surface area (Å²) < 4.78 is 22.7. The lowest BCUT2D eigenvalue weighted by Gasteiger charge is -2.24. The average molecular weight is 284 g/mol. The van der Waals surface area contributed by atoms with Gasteiger partial charge in [-0.1, -0.05) is 6.07 Å². The molecule has 0 bridgehead atoms. The Balaban J connectivity index is 2.11. The summed E-state index contributed by atoms with van der Waals surface area (Å²) in [7, 11) is -2.89. The minimum atomic E-state index is -2.89. The lowest BCUT2D eigenvalue weighted by Crippen LogP contribution is -2.32. The van der Waals surface area contributed by atoms with E-state index in [1.54, 1.807) is 6.07 Å². The topological polar surface area (TPSA) is 89.3 Å². The SMILES string of the molecule is Cc1ccc([N+](=O)[O-])cc1NC1CCS(=O)(=O)CC1. The Labute approximate surface area is 111 Å². The van der Waals surface area contributed by atoms with Gasteiger partial charge in [0.25, 0.3) is 5.69 Å². The first-order valence-corrected chi connectivity index (χ1v) is 7.91. The quantitative estimate of drug-likeness (QED) is 0.676. The smallest absolute Gasteiger partial charge is 0.271 e. The van der Waals surface area contributed by atoms with Crippen molar-refractivity contribution in [2.24, 2.45) is 0 Å². The molecule has 0 spiro atoms. The number of rotatable bonds is 3. The van der Waals surface area contributed by atoms with Gasteiger partial charge >= 0.3 is 0 Å². The molecule has 1 aromatic carbocycles. The van der Waals surface area contributed by atoms with Crippen LogP contribution in [0.15, 0.2) is 18.2 Å². The first-order chi connectivity index (χ1) is 8.87. The fraction of sp³-hybridized carbons (Fsp3) is 0.500. The van der Waals surface area contributed by atoms with Crippen molar-refractivity contribution >= 4 is 21.2 Å². The van der Waals surface area contributed by atoms with Crippen LogP contribution in [0.1, 0.15) is 18.4 Å². The highest BCUT2D eigenvalue weighted by atomic mass is 32.2. The molecule has 1 aliphatic rings. The number of nitro groups is 1. The van der Waals surface area contributed by atoms with Gasteiger partial charge in [-0.3, -0.25) is 10.1 Å². The van der Waals surface area contributed by atoms with E-state index in [-0.39, 0.29) is 23.2 Å². The molecule has 6 nitrogen and oxygen atoms in total. The molecule has 104 valence electrons. The van der Waals surface area contributed by atoms with Crippen LogP contribution in [0.2, 0.25) is 0 Å². The molecule has 1 aliphatic heterocycles. The van der Waals surface area contributed by atoms with Crippen LogP contribution in [0.4, 0.5) is 11.4 Å². The molecule has 0 radical (unpaired) electrons. The molecule has 0 saturated carbocycles. The largest absolute Gasteiger partial charge is 0.382 e. The molecule has 0 aromatic heterocycles. The zero-order chi connectivity index (χ0) is 14.0. The van der Waals surface area contributed by atoms with Gasteiger partial charge in [-0.2, -0.15) is 0 Å². The summed E-state index contributed by atoms with van der Waals surface area (Å²) in [4.78, 5) is 10.3. The van der Waals surface area contributed by atoms with Crippen LogP contribution < -0.4 is 5.32 Å². The highest BCUT2D eigenvalue weighted by Gasteiger charge is 2.24. The molecule has 0 unspecified atom stereocenters. The summed E-state index contributed by atoms with van der Waals surface area (Å²) in [5, 5.41) is 14.0. The molecule has 0 aliphatic carbocycles. The summed E-state index contributed by atoms with van der Waals surface area (Å²) in [6.45, 7) is 1.87. The van der Waals surface area contributed by atoms with E-state index in [0.29, 0.717) is 18.5 Å². The highest BCUT2D eigenvalue weighted by molar-refractivity contribution is 7.91. The van der Waals surface area contributed by atoms with Crippen LogP contribution in [0, 0.1) is 17.0 Å². The summed E-state index contributed by atoms with van der Waals surface area (Å²) >= 11 is 0. The van der Waals surface area contributed by atoms with Gasteiger partial charge in [-0.25, -0.2) is 8.42 Å². The van der Waals surface area contributed by atoms with Gasteiger partial charge in [0.05, 0.1) is 16.4 Å². The third-order valence-electron chi connectivity index (χ3n) is 3.35. The van der Waals surface area contributed by atoms with Gasteiger partial charge in [-0.05, 0) is 25.3 Å². The number of benzene rings is 1. The molecule has 1 saturated heterocycles. The van der Waals surface area contributed by atoms with E-state index in [2.05, 4.69) is 5.32 Å². The first kappa shape index (κ1) is 13.8. The minimum Gasteiger partial charge on any atom is -0.382 e. The molecular formula is C12H16N2O4S. The van der Waals surface area contributed by atoms with Crippen molar-refractivity contribution in [2.45, 2.75) is 25.8 Å². The van der Waals surface area contributed by atoms with Crippen molar-refractivity contribution in [1.29, 1.82) is 0 Å². The second-order valence-electron chi connectivity index (χ2n) is 4.83. The molecule has 1 fully saturated rings. The summed E-state index contributed by atoms with van der Waals surface area (Å²) in [6.07, 6.45) is 1.09. The highest BCUT2D eigenvalue weighted by Crippen LogP contribution is 2.25. The monoisotopic (exact) mass is 284 g/mol. The second kappa shape index (κ2) is 5.16. The van der Waals surface area contributed by atoms with Crippen molar-refractivity contribution in [3.8, 4) is 0 Å². The van der Waals surface area contributed by atoms with Crippen molar-refractivity contribution in [3.63, 3.8) is 0 Å². The zero-order valence-electron chi connectivity index (χ0n) is 10.6. The number of anilines is 1. The predicted molar refractivity (Wildman–Crippen MR) is 73.1 cm³/mol. The summed E-state index contributed by atoms with van der Waals surface area (Å²) in [6, 6.07) is 4.72.